The van der Waals surface area contributed by atoms with Gasteiger partial charge in [0, 0.05) is 16.0 Å². The maximum absolute atomic E-state index is 6.12. The van der Waals surface area contributed by atoms with Gasteiger partial charge in [-0.3, -0.25) is 0 Å². The van der Waals surface area contributed by atoms with Crippen molar-refractivity contribution >= 4 is 27.5 Å². The van der Waals surface area contributed by atoms with Crippen LogP contribution in [0.4, 0.5) is 0 Å². The summed E-state index contributed by atoms with van der Waals surface area (Å²) >= 11 is 9.71. The summed E-state index contributed by atoms with van der Waals surface area (Å²) in [5.74, 6) is 1.62. The number of nitrogens with one attached hydrogen (secondary N) is 1. The van der Waals surface area contributed by atoms with Crippen molar-refractivity contribution in [3.05, 3.63) is 57.0 Å². The first-order valence-electron chi connectivity index (χ1n) is 7.09. The molecule has 0 saturated heterocycles. The maximum Gasteiger partial charge on any atom is 0.128 e. The largest absolute Gasteiger partial charge is 0.457 e. The first-order chi connectivity index (χ1) is 10.1. The molecule has 0 aromatic heterocycles. The first kappa shape index (κ1) is 16.3. The summed E-state index contributed by atoms with van der Waals surface area (Å²) in [6, 6.07) is 11.8. The third kappa shape index (κ3) is 4.47. The smallest absolute Gasteiger partial charge is 0.128 e. The van der Waals surface area contributed by atoms with Gasteiger partial charge in [-0.15, -0.1) is 0 Å². The number of ether oxygens (including phenoxy) is 1. The van der Waals surface area contributed by atoms with E-state index in [1.165, 1.54) is 5.56 Å². The fourth-order valence-electron chi connectivity index (χ4n) is 2.02. The maximum atomic E-state index is 6.12. The molecule has 0 saturated carbocycles. The van der Waals surface area contributed by atoms with Gasteiger partial charge in [0.2, 0.25) is 0 Å². The van der Waals surface area contributed by atoms with Crippen molar-refractivity contribution in [2.75, 3.05) is 6.54 Å². The van der Waals surface area contributed by atoms with Crippen LogP contribution in [0.1, 0.15) is 25.0 Å². The van der Waals surface area contributed by atoms with Gasteiger partial charge in [-0.05, 0) is 54.4 Å². The summed E-state index contributed by atoms with van der Waals surface area (Å²) in [6.07, 6.45) is 0.890. The number of hydrogen-bond acceptors (Lipinski definition) is 2. The highest BCUT2D eigenvalue weighted by atomic mass is 79.9. The number of halogens is 2. The Kier molecular flexibility index (Phi) is 6.09. The summed E-state index contributed by atoms with van der Waals surface area (Å²) in [5, 5.41) is 4.09. The van der Waals surface area contributed by atoms with Gasteiger partial charge in [0.15, 0.2) is 0 Å². The molecular formula is C17H19BrClNO. The highest BCUT2D eigenvalue weighted by Crippen LogP contribution is 2.29. The highest BCUT2D eigenvalue weighted by molar-refractivity contribution is 9.10. The third-order valence-electron chi connectivity index (χ3n) is 3.22. The standard InChI is InChI=1S/C17H19BrClNO/c1-3-12-9-14(7-8-17(12)19)21-15-6-5-13(11-20-4-2)16(18)10-15/h5-10,20H,3-4,11H2,1-2H3. The SMILES string of the molecule is CCNCc1ccc(Oc2ccc(Cl)c(CC)c2)cc1Br. The van der Waals surface area contributed by atoms with Crippen LogP contribution >= 0.6 is 27.5 Å². The van der Waals surface area contributed by atoms with Crippen LogP contribution < -0.4 is 10.1 Å². The van der Waals surface area contributed by atoms with Gasteiger partial charge >= 0.3 is 0 Å². The van der Waals surface area contributed by atoms with Crippen molar-refractivity contribution in [1.82, 2.24) is 5.32 Å². The number of hydrogen-bond donors (Lipinski definition) is 1. The Morgan fingerprint density at radius 2 is 1.76 bits per heavy atom. The molecule has 2 aromatic carbocycles. The van der Waals surface area contributed by atoms with Crippen LogP contribution in [0, 0.1) is 0 Å². The Morgan fingerprint density at radius 1 is 1.05 bits per heavy atom. The van der Waals surface area contributed by atoms with Crippen molar-refractivity contribution in [2.24, 2.45) is 0 Å². The molecule has 0 spiro atoms. The minimum Gasteiger partial charge on any atom is -0.457 e. The van der Waals surface area contributed by atoms with Gasteiger partial charge in [0.1, 0.15) is 11.5 Å². The molecule has 1 N–H and O–H groups in total. The lowest BCUT2D eigenvalue weighted by Crippen LogP contribution is -2.11. The lowest BCUT2D eigenvalue weighted by Gasteiger charge is -2.11. The fourth-order valence-corrected chi connectivity index (χ4v) is 2.77. The second kappa shape index (κ2) is 7.83. The molecule has 0 heterocycles. The van der Waals surface area contributed by atoms with E-state index in [1.807, 2.05) is 30.3 Å². The van der Waals surface area contributed by atoms with Crippen molar-refractivity contribution in [3.63, 3.8) is 0 Å². The lowest BCUT2D eigenvalue weighted by molar-refractivity contribution is 0.481. The van der Waals surface area contributed by atoms with Gasteiger partial charge in [0.05, 0.1) is 0 Å². The predicted molar refractivity (Wildman–Crippen MR) is 92.4 cm³/mol. The molecule has 0 amide bonds. The Morgan fingerprint density at radius 3 is 2.43 bits per heavy atom. The van der Waals surface area contributed by atoms with Gasteiger partial charge < -0.3 is 10.1 Å². The molecule has 0 radical (unpaired) electrons. The van der Waals surface area contributed by atoms with Crippen LogP contribution in [0.25, 0.3) is 0 Å². The molecule has 4 heteroatoms. The fraction of sp³-hybridized carbons (Fsp3) is 0.294. The lowest BCUT2D eigenvalue weighted by atomic mass is 10.1. The van der Waals surface area contributed by atoms with E-state index in [9.17, 15) is 0 Å². The molecule has 0 atom stereocenters. The quantitative estimate of drug-likeness (QED) is 0.720. The van der Waals surface area contributed by atoms with E-state index >= 15 is 0 Å². The van der Waals surface area contributed by atoms with E-state index in [0.29, 0.717) is 0 Å². The molecule has 0 aliphatic carbocycles. The van der Waals surface area contributed by atoms with Crippen LogP contribution in [-0.4, -0.2) is 6.54 Å². The Hall–Kier alpha value is -1.03. The predicted octanol–water partition coefficient (Wildman–Crippen LogP) is 5.57. The average molecular weight is 369 g/mol. The highest BCUT2D eigenvalue weighted by Gasteiger charge is 2.05. The molecule has 0 fully saturated rings. The molecule has 2 nitrogen and oxygen atoms in total. The first-order valence-corrected chi connectivity index (χ1v) is 8.26. The normalized spacial score (nSPS) is 10.7. The molecule has 0 aliphatic rings. The molecule has 2 rings (SSSR count). The molecule has 21 heavy (non-hydrogen) atoms. The van der Waals surface area contributed by atoms with E-state index in [1.54, 1.807) is 0 Å². The summed E-state index contributed by atoms with van der Waals surface area (Å²) in [6.45, 7) is 5.97. The second-order valence-corrected chi connectivity index (χ2v) is 6.00. The van der Waals surface area contributed by atoms with E-state index in [-0.39, 0.29) is 0 Å². The van der Waals surface area contributed by atoms with E-state index in [4.69, 9.17) is 16.3 Å². The zero-order chi connectivity index (χ0) is 15.2. The number of benzene rings is 2. The number of rotatable bonds is 6. The van der Waals surface area contributed by atoms with Gasteiger partial charge in [-0.2, -0.15) is 0 Å². The van der Waals surface area contributed by atoms with E-state index in [2.05, 4.69) is 41.2 Å². The van der Waals surface area contributed by atoms with E-state index < -0.39 is 0 Å². The van der Waals surface area contributed by atoms with Crippen molar-refractivity contribution in [3.8, 4) is 11.5 Å². The summed E-state index contributed by atoms with van der Waals surface area (Å²) < 4.78 is 6.95. The van der Waals surface area contributed by atoms with Crippen LogP contribution in [0.2, 0.25) is 5.02 Å². The molecule has 2 aromatic rings. The van der Waals surface area contributed by atoms with Gasteiger partial charge in [0.25, 0.3) is 0 Å². The monoisotopic (exact) mass is 367 g/mol. The molecular weight excluding hydrogens is 350 g/mol. The third-order valence-corrected chi connectivity index (χ3v) is 4.33. The van der Waals surface area contributed by atoms with Crippen molar-refractivity contribution < 1.29 is 4.74 Å². The zero-order valence-corrected chi connectivity index (χ0v) is 14.6. The van der Waals surface area contributed by atoms with Crippen molar-refractivity contribution in [2.45, 2.75) is 26.8 Å². The minimum atomic E-state index is 0.784. The van der Waals surface area contributed by atoms with Gasteiger partial charge in [-0.1, -0.05) is 47.4 Å². The molecule has 112 valence electrons. The van der Waals surface area contributed by atoms with Gasteiger partial charge in [-0.25, -0.2) is 0 Å². The Bertz CT molecular complexity index is 616. The Labute approximate surface area is 139 Å². The topological polar surface area (TPSA) is 21.3 Å². The van der Waals surface area contributed by atoms with E-state index in [0.717, 1.165) is 46.1 Å². The zero-order valence-electron chi connectivity index (χ0n) is 12.2. The molecule has 0 aliphatic heterocycles. The summed E-state index contributed by atoms with van der Waals surface area (Å²) in [5.41, 5.74) is 2.31. The van der Waals surface area contributed by atoms with Crippen LogP contribution in [0.5, 0.6) is 11.5 Å². The van der Waals surface area contributed by atoms with Crippen LogP contribution in [-0.2, 0) is 13.0 Å². The van der Waals surface area contributed by atoms with Crippen LogP contribution in [0.15, 0.2) is 40.9 Å². The minimum absolute atomic E-state index is 0.784. The second-order valence-electron chi connectivity index (χ2n) is 4.74. The number of aryl methyl sites for hydroxylation is 1. The average Bonchev–Trinajstić information content (AvgIpc) is 2.48. The molecule has 0 bridgehead atoms. The molecule has 0 unspecified atom stereocenters. The Balaban J connectivity index is 2.14. The van der Waals surface area contributed by atoms with Crippen molar-refractivity contribution in [1.29, 1.82) is 0 Å². The summed E-state index contributed by atoms with van der Waals surface area (Å²) in [7, 11) is 0. The summed E-state index contributed by atoms with van der Waals surface area (Å²) in [4.78, 5) is 0. The van der Waals surface area contributed by atoms with Crippen LogP contribution in [0.3, 0.4) is 0 Å².